The average molecular weight is 524 g/mol. The summed E-state index contributed by atoms with van der Waals surface area (Å²) in [4.78, 5) is 15.1. The summed E-state index contributed by atoms with van der Waals surface area (Å²) in [7, 11) is 3.20. The predicted octanol–water partition coefficient (Wildman–Crippen LogP) is 5.23. The Morgan fingerprint density at radius 2 is 1.87 bits per heavy atom. The van der Waals surface area contributed by atoms with Crippen molar-refractivity contribution in [3.63, 3.8) is 0 Å². The molecule has 6 rings (SSSR count). The number of rotatable bonds is 6. The van der Waals surface area contributed by atoms with E-state index < -0.39 is 11.9 Å². The van der Waals surface area contributed by atoms with Crippen molar-refractivity contribution >= 4 is 5.69 Å². The molecule has 38 heavy (non-hydrogen) atoms. The maximum Gasteiger partial charge on any atom is 0.434 e. The number of anilines is 1. The molecule has 2 aliphatic rings. The second kappa shape index (κ2) is 9.14. The van der Waals surface area contributed by atoms with Gasteiger partial charge in [0.2, 0.25) is 5.88 Å². The molecule has 0 spiro atoms. The molecule has 4 heterocycles. The maximum absolute atomic E-state index is 13.1. The first-order valence-corrected chi connectivity index (χ1v) is 12.7. The van der Waals surface area contributed by atoms with Crippen LogP contribution in [0.1, 0.15) is 48.3 Å². The zero-order chi connectivity index (χ0) is 26.6. The van der Waals surface area contributed by atoms with E-state index in [2.05, 4.69) is 31.5 Å². The first kappa shape index (κ1) is 24.4. The van der Waals surface area contributed by atoms with Crippen LogP contribution in [0.3, 0.4) is 0 Å². The summed E-state index contributed by atoms with van der Waals surface area (Å²) < 4.78 is 48.5. The number of imidazole rings is 1. The van der Waals surface area contributed by atoms with Crippen molar-refractivity contribution in [2.75, 3.05) is 18.6 Å². The fourth-order valence-electron chi connectivity index (χ4n) is 5.29. The highest BCUT2D eigenvalue weighted by Crippen LogP contribution is 2.47. The summed E-state index contributed by atoms with van der Waals surface area (Å²) in [6.07, 6.45) is 1.12. The summed E-state index contributed by atoms with van der Waals surface area (Å²) in [5, 5.41) is 5.00. The topological polar surface area (TPSA) is 73.9 Å². The minimum Gasteiger partial charge on any atom is -0.480 e. The number of fused-ring (bicyclic) bond motifs is 1. The Morgan fingerprint density at radius 1 is 1.11 bits per heavy atom. The van der Waals surface area contributed by atoms with E-state index in [4.69, 9.17) is 9.84 Å². The lowest BCUT2D eigenvalue weighted by molar-refractivity contribution is -0.140. The average Bonchev–Trinajstić information content (AvgIpc) is 3.59. The highest BCUT2D eigenvalue weighted by Gasteiger charge is 2.36. The number of hydrogen-bond acceptors (Lipinski definition) is 6. The van der Waals surface area contributed by atoms with Gasteiger partial charge in [-0.1, -0.05) is 0 Å². The van der Waals surface area contributed by atoms with Crippen LogP contribution >= 0.6 is 0 Å². The van der Waals surface area contributed by atoms with Crippen molar-refractivity contribution in [1.29, 1.82) is 0 Å². The Balaban J connectivity index is 1.34. The van der Waals surface area contributed by atoms with Gasteiger partial charge >= 0.3 is 6.18 Å². The van der Waals surface area contributed by atoms with Gasteiger partial charge in [0.25, 0.3) is 0 Å². The molecule has 11 heteroatoms. The molecule has 4 aromatic rings. The Labute approximate surface area is 218 Å². The third kappa shape index (κ3) is 4.19. The van der Waals surface area contributed by atoms with Crippen molar-refractivity contribution in [1.82, 2.24) is 29.3 Å². The lowest BCUT2D eigenvalue weighted by atomic mass is 9.98. The number of ether oxygens (including phenoxy) is 1. The van der Waals surface area contributed by atoms with Gasteiger partial charge in [0.15, 0.2) is 5.69 Å². The Kier molecular flexibility index (Phi) is 5.88. The van der Waals surface area contributed by atoms with E-state index >= 15 is 0 Å². The number of methoxy groups -OCH3 is 1. The summed E-state index contributed by atoms with van der Waals surface area (Å²) in [5.74, 6) is 1.22. The van der Waals surface area contributed by atoms with Crippen LogP contribution in [-0.4, -0.2) is 43.0 Å². The van der Waals surface area contributed by atoms with Gasteiger partial charge in [0.05, 0.1) is 18.4 Å². The van der Waals surface area contributed by atoms with Gasteiger partial charge in [-0.15, -0.1) is 0 Å². The third-order valence-electron chi connectivity index (χ3n) is 7.33. The first-order chi connectivity index (χ1) is 18.3. The van der Waals surface area contributed by atoms with Crippen molar-refractivity contribution in [2.24, 2.45) is 7.05 Å². The normalized spacial score (nSPS) is 15.6. The molecule has 0 radical (unpaired) electrons. The van der Waals surface area contributed by atoms with E-state index in [1.165, 1.54) is 10.3 Å². The number of nitrogens with zero attached hydrogens (tertiary/aromatic N) is 7. The summed E-state index contributed by atoms with van der Waals surface area (Å²) in [6.45, 7) is 4.29. The zero-order valence-corrected chi connectivity index (χ0v) is 21.5. The van der Waals surface area contributed by atoms with Crippen LogP contribution in [0.2, 0.25) is 0 Å². The Bertz CT molecular complexity index is 1490. The summed E-state index contributed by atoms with van der Waals surface area (Å²) in [6, 6.07) is 7.52. The van der Waals surface area contributed by atoms with Crippen LogP contribution in [0.5, 0.6) is 5.88 Å². The van der Waals surface area contributed by atoms with E-state index in [0.29, 0.717) is 23.9 Å². The molecule has 1 aliphatic carbocycles. The SMILES string of the molecule is CCn1nc(-c2c(OC)ncnc2C2CC2)c2c1CCN(c1ccc(-c3nc(C(F)(F)F)cn3C)cc1)C2. The molecule has 0 amide bonds. The van der Waals surface area contributed by atoms with Crippen LogP contribution < -0.4 is 9.64 Å². The van der Waals surface area contributed by atoms with Gasteiger partial charge in [-0.3, -0.25) is 4.68 Å². The van der Waals surface area contributed by atoms with Crippen molar-refractivity contribution in [2.45, 2.75) is 51.4 Å². The number of aryl methyl sites for hydroxylation is 2. The second-order valence-corrected chi connectivity index (χ2v) is 9.78. The van der Waals surface area contributed by atoms with E-state index in [-0.39, 0.29) is 5.82 Å². The molecule has 198 valence electrons. The second-order valence-electron chi connectivity index (χ2n) is 9.78. The molecule has 8 nitrogen and oxygen atoms in total. The van der Waals surface area contributed by atoms with E-state index in [9.17, 15) is 13.2 Å². The van der Waals surface area contributed by atoms with E-state index in [1.54, 1.807) is 20.5 Å². The number of aromatic nitrogens is 6. The van der Waals surface area contributed by atoms with E-state index in [1.807, 2.05) is 24.3 Å². The molecule has 0 saturated heterocycles. The molecule has 1 aromatic carbocycles. The standard InChI is InChI=1S/C27H28F3N7O/c1-4-37-20-11-12-36(18-9-7-17(8-10-18)25-33-21(14-35(25)2)27(28,29)30)13-19(20)24(34-37)22-23(16-5-6-16)31-15-32-26(22)38-3/h7-10,14-16H,4-6,11-13H2,1-3H3. The minimum atomic E-state index is -4.48. The van der Waals surface area contributed by atoms with E-state index in [0.717, 1.165) is 66.8 Å². The molecule has 0 atom stereocenters. The molecule has 1 fully saturated rings. The smallest absolute Gasteiger partial charge is 0.434 e. The molecule has 1 aliphatic heterocycles. The van der Waals surface area contributed by atoms with Gasteiger partial charge in [0.1, 0.15) is 17.8 Å². The quantitative estimate of drug-likeness (QED) is 0.345. The van der Waals surface area contributed by atoms with Crippen LogP contribution in [0, 0.1) is 0 Å². The molecule has 3 aromatic heterocycles. The van der Waals surface area contributed by atoms with Crippen molar-refractivity contribution in [3.05, 3.63) is 59.4 Å². The molecule has 0 bridgehead atoms. The van der Waals surface area contributed by atoms with Gasteiger partial charge in [-0.05, 0) is 44.0 Å². The maximum atomic E-state index is 13.1. The number of benzene rings is 1. The van der Waals surface area contributed by atoms with Crippen LogP contribution in [0.4, 0.5) is 18.9 Å². The van der Waals surface area contributed by atoms with Crippen LogP contribution in [0.15, 0.2) is 36.8 Å². The van der Waals surface area contributed by atoms with Gasteiger partial charge in [-0.25, -0.2) is 15.0 Å². The molecule has 1 saturated carbocycles. The van der Waals surface area contributed by atoms with Crippen molar-refractivity contribution < 1.29 is 17.9 Å². The Morgan fingerprint density at radius 3 is 2.50 bits per heavy atom. The van der Waals surface area contributed by atoms with Gasteiger partial charge in [-0.2, -0.15) is 18.3 Å². The Hall–Kier alpha value is -3.89. The third-order valence-corrected chi connectivity index (χ3v) is 7.33. The van der Waals surface area contributed by atoms with Crippen LogP contribution in [-0.2, 0) is 32.7 Å². The lowest BCUT2D eigenvalue weighted by Gasteiger charge is -2.30. The first-order valence-electron chi connectivity index (χ1n) is 12.7. The highest BCUT2D eigenvalue weighted by molar-refractivity contribution is 5.73. The molecule has 0 N–H and O–H groups in total. The number of hydrogen-bond donors (Lipinski definition) is 0. The largest absolute Gasteiger partial charge is 0.480 e. The fraction of sp³-hybridized carbons (Fsp3) is 0.407. The fourth-order valence-corrected chi connectivity index (χ4v) is 5.29. The van der Waals surface area contributed by atoms with Gasteiger partial charge in [0, 0.05) is 67.7 Å². The molecular formula is C27H28F3N7O. The van der Waals surface area contributed by atoms with Crippen molar-refractivity contribution in [3.8, 4) is 28.5 Å². The van der Waals surface area contributed by atoms with Crippen LogP contribution in [0.25, 0.3) is 22.6 Å². The number of alkyl halides is 3. The van der Waals surface area contributed by atoms with Gasteiger partial charge < -0.3 is 14.2 Å². The lowest BCUT2D eigenvalue weighted by Crippen LogP contribution is -2.31. The number of halogens is 3. The predicted molar refractivity (Wildman–Crippen MR) is 136 cm³/mol. The minimum absolute atomic E-state index is 0.278. The molecule has 0 unspecified atom stereocenters. The zero-order valence-electron chi connectivity index (χ0n) is 21.5. The highest BCUT2D eigenvalue weighted by atomic mass is 19.4. The summed E-state index contributed by atoms with van der Waals surface area (Å²) >= 11 is 0. The summed E-state index contributed by atoms with van der Waals surface area (Å²) in [5.41, 5.74) is 5.81. The molecular weight excluding hydrogens is 495 g/mol. The monoisotopic (exact) mass is 523 g/mol.